The fourth-order valence-corrected chi connectivity index (χ4v) is 1.29. The molecule has 5 heteroatoms. The van der Waals surface area contributed by atoms with E-state index in [4.69, 9.17) is 4.74 Å². The number of hydrogen-bond donors (Lipinski definition) is 1. The van der Waals surface area contributed by atoms with Crippen molar-refractivity contribution in [2.75, 3.05) is 6.61 Å². The first-order chi connectivity index (χ1) is 6.81. The maximum atomic E-state index is 10.8. The van der Waals surface area contributed by atoms with Crippen molar-refractivity contribution in [2.24, 2.45) is 0 Å². The molecule has 0 aromatic heterocycles. The number of hydrogen-bond acceptors (Lipinski definition) is 2. The molecule has 0 aliphatic rings. The van der Waals surface area contributed by atoms with Crippen LogP contribution in [0.1, 0.15) is 45.4 Å². The average Bonchev–Trinajstić information content (AvgIpc) is 2.17. The minimum atomic E-state index is -0.367. The largest absolute Gasteiger partial charge is 0.450 e. The van der Waals surface area contributed by atoms with E-state index in [-0.39, 0.29) is 6.09 Å². The second-order valence-electron chi connectivity index (χ2n) is 3.21. The van der Waals surface area contributed by atoms with Crippen molar-refractivity contribution >= 4 is 22.3 Å². The molecule has 3 nitrogen and oxygen atoms in total. The smallest absolute Gasteiger partial charge is 0.394 e. The van der Waals surface area contributed by atoms with Crippen LogP contribution in [0.4, 0.5) is 4.79 Å². The molecule has 0 bridgehead atoms. The van der Waals surface area contributed by atoms with Crippen LogP contribution in [0.5, 0.6) is 0 Å². The van der Waals surface area contributed by atoms with Gasteiger partial charge in [0.2, 0.25) is 0 Å². The third kappa shape index (κ3) is 9.85. The van der Waals surface area contributed by atoms with Crippen molar-refractivity contribution in [1.29, 1.82) is 0 Å². The zero-order chi connectivity index (χ0) is 10.6. The highest BCUT2D eigenvalue weighted by atomic mass is 31.0. The molecule has 81 valence electrons. The predicted octanol–water partition coefficient (Wildman–Crippen LogP) is 2.48. The van der Waals surface area contributed by atoms with E-state index in [0.717, 1.165) is 12.8 Å². The number of amides is 1. The number of nitrogens with one attached hydrogen (secondary N) is 1. The number of carbonyl (C=O) groups is 1. The highest BCUT2D eigenvalue weighted by Crippen LogP contribution is 2.04. The maximum absolute atomic E-state index is 10.8. The molecule has 0 fully saturated rings. The summed E-state index contributed by atoms with van der Waals surface area (Å²) < 4.78 is 4.89. The molecule has 0 heterocycles. The summed E-state index contributed by atoms with van der Waals surface area (Å²) >= 11 is 0. The number of carbonyl (C=O) groups excluding carboxylic acids is 1. The molecule has 0 aliphatic heterocycles. The van der Waals surface area contributed by atoms with Gasteiger partial charge in [0.15, 0.2) is 0 Å². The third-order valence-corrected chi connectivity index (χ3v) is 2.10. The van der Waals surface area contributed by atoms with Crippen molar-refractivity contribution in [2.45, 2.75) is 45.4 Å². The Balaban J connectivity index is 3.01. The van der Waals surface area contributed by atoms with Gasteiger partial charge in [-0.15, -0.1) is 0 Å². The summed E-state index contributed by atoms with van der Waals surface area (Å²) in [4.78, 5) is 10.8. The molecule has 14 heavy (non-hydrogen) atoms. The standard InChI is InChI=1S/C9H20BNO2P/c1-2-3-4-5-6-7-8-13-9(12)11-10-14/h2-8,14H2,1H3,(H,11,12). The summed E-state index contributed by atoms with van der Waals surface area (Å²) in [5.74, 6) is 0. The summed E-state index contributed by atoms with van der Waals surface area (Å²) in [6.07, 6.45) is 6.86. The van der Waals surface area contributed by atoms with E-state index in [0.29, 0.717) is 6.61 Å². The quantitative estimate of drug-likeness (QED) is 0.384. The molecule has 1 atom stereocenters. The Bertz CT molecular complexity index is 147. The second-order valence-corrected chi connectivity index (χ2v) is 3.55. The fraction of sp³-hybridized carbons (Fsp3) is 0.889. The lowest BCUT2D eigenvalue weighted by Crippen LogP contribution is -2.25. The Morgan fingerprint density at radius 3 is 2.57 bits per heavy atom. The number of unbranched alkanes of at least 4 members (excludes halogenated alkanes) is 5. The van der Waals surface area contributed by atoms with Crippen molar-refractivity contribution in [3.05, 3.63) is 0 Å². The summed E-state index contributed by atoms with van der Waals surface area (Å²) in [5.41, 5.74) is 0. The summed E-state index contributed by atoms with van der Waals surface area (Å²) in [5, 5.41) is 2.43. The van der Waals surface area contributed by atoms with Gasteiger partial charge < -0.3 is 9.96 Å². The van der Waals surface area contributed by atoms with Gasteiger partial charge >= 0.3 is 6.09 Å². The van der Waals surface area contributed by atoms with Gasteiger partial charge in [-0.3, -0.25) is 0 Å². The Morgan fingerprint density at radius 1 is 1.29 bits per heavy atom. The van der Waals surface area contributed by atoms with E-state index in [1.807, 2.05) is 0 Å². The molecule has 0 saturated heterocycles. The molecule has 0 rings (SSSR count). The zero-order valence-electron chi connectivity index (χ0n) is 8.92. The van der Waals surface area contributed by atoms with Crippen molar-refractivity contribution in [3.8, 4) is 0 Å². The number of rotatable bonds is 8. The monoisotopic (exact) mass is 216 g/mol. The van der Waals surface area contributed by atoms with E-state index >= 15 is 0 Å². The highest BCUT2D eigenvalue weighted by molar-refractivity contribution is 7.55. The Labute approximate surface area is 89.8 Å². The van der Waals surface area contributed by atoms with Crippen LogP contribution in [0.15, 0.2) is 0 Å². The van der Waals surface area contributed by atoms with Gasteiger partial charge in [0.1, 0.15) is 0 Å². The SMILES string of the molecule is CCCCCCCCOC(=O)N[B]P. The molecule has 0 aromatic rings. The topological polar surface area (TPSA) is 38.3 Å². The highest BCUT2D eigenvalue weighted by Gasteiger charge is 1.98. The van der Waals surface area contributed by atoms with E-state index < -0.39 is 0 Å². The maximum Gasteiger partial charge on any atom is 0.394 e. The van der Waals surface area contributed by atoms with Gasteiger partial charge in [0, 0.05) is 0 Å². The van der Waals surface area contributed by atoms with Gasteiger partial charge in [-0.1, -0.05) is 39.0 Å². The van der Waals surface area contributed by atoms with Gasteiger partial charge in [0.25, 0.3) is 7.13 Å². The molecule has 1 radical (unpaired) electrons. The molecule has 0 spiro atoms. The van der Waals surface area contributed by atoms with Crippen LogP contribution in [-0.2, 0) is 4.74 Å². The van der Waals surface area contributed by atoms with E-state index in [1.54, 1.807) is 0 Å². The van der Waals surface area contributed by atoms with Gasteiger partial charge in [0.05, 0.1) is 6.61 Å². The average molecular weight is 216 g/mol. The van der Waals surface area contributed by atoms with Crippen LogP contribution in [0.3, 0.4) is 0 Å². The predicted molar refractivity (Wildman–Crippen MR) is 63.3 cm³/mol. The normalized spacial score (nSPS) is 9.57. The molecular weight excluding hydrogens is 196 g/mol. The molecule has 0 aliphatic carbocycles. The first-order valence-electron chi connectivity index (χ1n) is 5.28. The van der Waals surface area contributed by atoms with Gasteiger partial charge in [-0.25, -0.2) is 4.79 Å². The Hall–Kier alpha value is -0.235. The van der Waals surface area contributed by atoms with Crippen LogP contribution < -0.4 is 5.23 Å². The van der Waals surface area contributed by atoms with E-state index in [9.17, 15) is 4.79 Å². The lowest BCUT2D eigenvalue weighted by molar-refractivity contribution is 0.150. The molecule has 0 aromatic carbocycles. The third-order valence-electron chi connectivity index (χ3n) is 1.93. The number of ether oxygens (including phenoxy) is 1. The minimum Gasteiger partial charge on any atom is -0.450 e. The Morgan fingerprint density at radius 2 is 1.93 bits per heavy atom. The second kappa shape index (κ2) is 10.8. The molecular formula is C9H20BNO2P. The van der Waals surface area contributed by atoms with E-state index in [2.05, 4.69) is 21.3 Å². The summed E-state index contributed by atoms with van der Waals surface area (Å²) in [6.45, 7) is 2.73. The first-order valence-corrected chi connectivity index (χ1v) is 5.94. The lowest BCUT2D eigenvalue weighted by Gasteiger charge is -2.04. The minimum absolute atomic E-state index is 0.367. The zero-order valence-corrected chi connectivity index (χ0v) is 10.1. The molecule has 1 unspecified atom stereocenters. The molecule has 1 amide bonds. The van der Waals surface area contributed by atoms with Crippen LogP contribution in [0.25, 0.3) is 0 Å². The van der Waals surface area contributed by atoms with Crippen molar-refractivity contribution < 1.29 is 9.53 Å². The van der Waals surface area contributed by atoms with Gasteiger partial charge in [-0.2, -0.15) is 9.12 Å². The molecule has 0 saturated carbocycles. The van der Waals surface area contributed by atoms with Gasteiger partial charge in [-0.05, 0) is 6.42 Å². The first kappa shape index (κ1) is 13.8. The molecule has 1 N–H and O–H groups in total. The van der Waals surface area contributed by atoms with Crippen LogP contribution in [0.2, 0.25) is 0 Å². The van der Waals surface area contributed by atoms with Crippen LogP contribution in [-0.4, -0.2) is 19.8 Å². The summed E-state index contributed by atoms with van der Waals surface area (Å²) in [6, 6.07) is 0. The Kier molecular flexibility index (Phi) is 10.7. The fourth-order valence-electron chi connectivity index (χ4n) is 1.16. The van der Waals surface area contributed by atoms with Crippen molar-refractivity contribution in [1.82, 2.24) is 5.23 Å². The van der Waals surface area contributed by atoms with Crippen LogP contribution in [0, 0.1) is 0 Å². The lowest BCUT2D eigenvalue weighted by atomic mass is 10.1. The van der Waals surface area contributed by atoms with Crippen LogP contribution >= 0.6 is 9.12 Å². The summed E-state index contributed by atoms with van der Waals surface area (Å²) in [7, 11) is 3.78. The van der Waals surface area contributed by atoms with E-state index in [1.165, 1.54) is 32.8 Å². The van der Waals surface area contributed by atoms with Crippen molar-refractivity contribution in [3.63, 3.8) is 0 Å².